The molecule has 0 amide bonds. The van der Waals surface area contributed by atoms with Gasteiger partial charge in [0.15, 0.2) is 5.76 Å². The number of fused-ring (bicyclic) bond motifs is 1. The first kappa shape index (κ1) is 14.7. The Morgan fingerprint density at radius 1 is 1.18 bits per heavy atom. The van der Waals surface area contributed by atoms with Crippen molar-refractivity contribution in [3.63, 3.8) is 0 Å². The van der Waals surface area contributed by atoms with Gasteiger partial charge < -0.3 is 14.3 Å². The van der Waals surface area contributed by atoms with Gasteiger partial charge in [-0.05, 0) is 53.2 Å². The van der Waals surface area contributed by atoms with Crippen LogP contribution in [0.4, 0.5) is 0 Å². The summed E-state index contributed by atoms with van der Waals surface area (Å²) in [6.45, 7) is 1.88. The second-order valence-electron chi connectivity index (χ2n) is 4.96. The van der Waals surface area contributed by atoms with Gasteiger partial charge in [0, 0.05) is 5.56 Å². The average molecular weight is 361 g/mol. The highest BCUT2D eigenvalue weighted by Gasteiger charge is 2.16. The molecule has 1 aromatic heterocycles. The maximum absolute atomic E-state index is 12.3. The third-order valence-electron chi connectivity index (χ3n) is 3.44. The number of ether oxygens (including phenoxy) is 1. The summed E-state index contributed by atoms with van der Waals surface area (Å²) in [4.78, 5) is 12.3. The van der Waals surface area contributed by atoms with Crippen LogP contribution in [0, 0.1) is 6.92 Å². The van der Waals surface area contributed by atoms with Crippen LogP contribution < -0.4 is 10.2 Å². The highest BCUT2D eigenvalue weighted by molar-refractivity contribution is 9.10. The quantitative estimate of drug-likeness (QED) is 0.742. The summed E-state index contributed by atoms with van der Waals surface area (Å²) in [6.07, 6.45) is 0. The number of rotatable bonds is 2. The molecule has 0 saturated heterocycles. The summed E-state index contributed by atoms with van der Waals surface area (Å²) < 4.78 is 11.6. The molecule has 4 nitrogen and oxygen atoms in total. The SMILES string of the molecule is COc1ccc(-c2oc3ccc(C)cc3c(=O)c2O)cc1Br. The zero-order valence-electron chi connectivity index (χ0n) is 12.0. The van der Waals surface area contributed by atoms with Gasteiger partial charge in [-0.15, -0.1) is 0 Å². The molecule has 0 bridgehead atoms. The monoisotopic (exact) mass is 360 g/mol. The topological polar surface area (TPSA) is 59.7 Å². The van der Waals surface area contributed by atoms with Gasteiger partial charge in [-0.2, -0.15) is 0 Å². The molecule has 0 unspecified atom stereocenters. The van der Waals surface area contributed by atoms with Crippen LogP contribution in [0.5, 0.6) is 11.5 Å². The molecule has 22 heavy (non-hydrogen) atoms. The van der Waals surface area contributed by atoms with E-state index < -0.39 is 11.2 Å². The number of benzene rings is 2. The lowest BCUT2D eigenvalue weighted by Crippen LogP contribution is -2.02. The fourth-order valence-electron chi connectivity index (χ4n) is 2.30. The summed E-state index contributed by atoms with van der Waals surface area (Å²) in [7, 11) is 1.57. The molecule has 3 aromatic rings. The molecular weight excluding hydrogens is 348 g/mol. The third-order valence-corrected chi connectivity index (χ3v) is 4.06. The number of aryl methyl sites for hydroxylation is 1. The van der Waals surface area contributed by atoms with Crippen LogP contribution in [0.25, 0.3) is 22.3 Å². The van der Waals surface area contributed by atoms with Crippen LogP contribution in [0.2, 0.25) is 0 Å². The minimum Gasteiger partial charge on any atom is -0.502 e. The first-order valence-electron chi connectivity index (χ1n) is 6.61. The van der Waals surface area contributed by atoms with Crippen LogP contribution in [0.15, 0.2) is 50.1 Å². The lowest BCUT2D eigenvalue weighted by atomic mass is 10.1. The van der Waals surface area contributed by atoms with Crippen molar-refractivity contribution < 1.29 is 14.3 Å². The summed E-state index contributed by atoms with van der Waals surface area (Å²) >= 11 is 3.38. The Balaban J connectivity index is 2.27. The van der Waals surface area contributed by atoms with E-state index in [0.717, 1.165) is 5.56 Å². The fraction of sp³-hybridized carbons (Fsp3) is 0.118. The maximum atomic E-state index is 12.3. The molecule has 0 spiro atoms. The highest BCUT2D eigenvalue weighted by Crippen LogP contribution is 2.35. The smallest absolute Gasteiger partial charge is 0.235 e. The summed E-state index contributed by atoms with van der Waals surface area (Å²) in [6, 6.07) is 10.5. The lowest BCUT2D eigenvalue weighted by molar-refractivity contribution is 0.412. The molecule has 1 N–H and O–H groups in total. The average Bonchev–Trinajstić information content (AvgIpc) is 2.51. The van der Waals surface area contributed by atoms with Crippen molar-refractivity contribution >= 4 is 26.9 Å². The summed E-state index contributed by atoms with van der Waals surface area (Å²) in [5, 5.41) is 10.6. The molecule has 0 radical (unpaired) electrons. The second-order valence-corrected chi connectivity index (χ2v) is 5.81. The van der Waals surface area contributed by atoms with Crippen LogP contribution in [-0.2, 0) is 0 Å². The van der Waals surface area contributed by atoms with Crippen molar-refractivity contribution in [3.8, 4) is 22.8 Å². The normalized spacial score (nSPS) is 10.9. The van der Waals surface area contributed by atoms with E-state index in [1.54, 1.807) is 37.4 Å². The zero-order valence-corrected chi connectivity index (χ0v) is 13.6. The van der Waals surface area contributed by atoms with Crippen LogP contribution in [0.1, 0.15) is 5.56 Å². The van der Waals surface area contributed by atoms with Gasteiger partial charge in [0.25, 0.3) is 0 Å². The van der Waals surface area contributed by atoms with Gasteiger partial charge in [0.2, 0.25) is 11.2 Å². The Bertz CT molecular complexity index is 928. The molecule has 0 atom stereocenters. The molecule has 5 heteroatoms. The van der Waals surface area contributed by atoms with Gasteiger partial charge in [-0.3, -0.25) is 4.79 Å². The van der Waals surface area contributed by atoms with Crippen LogP contribution >= 0.6 is 15.9 Å². The lowest BCUT2D eigenvalue weighted by Gasteiger charge is -2.08. The number of aromatic hydroxyl groups is 1. The van der Waals surface area contributed by atoms with E-state index in [0.29, 0.717) is 26.8 Å². The zero-order chi connectivity index (χ0) is 15.9. The first-order valence-corrected chi connectivity index (χ1v) is 7.41. The third kappa shape index (κ3) is 2.37. The van der Waals surface area contributed by atoms with Gasteiger partial charge in [-0.25, -0.2) is 0 Å². The molecule has 112 valence electrons. The van der Waals surface area contributed by atoms with Crippen LogP contribution in [0.3, 0.4) is 0 Å². The van der Waals surface area contributed by atoms with E-state index >= 15 is 0 Å². The van der Waals surface area contributed by atoms with Crippen molar-refractivity contribution in [3.05, 3.63) is 56.7 Å². The number of hydrogen-bond acceptors (Lipinski definition) is 4. The minimum absolute atomic E-state index is 0.143. The highest BCUT2D eigenvalue weighted by atomic mass is 79.9. The van der Waals surface area contributed by atoms with E-state index in [2.05, 4.69) is 15.9 Å². The van der Waals surface area contributed by atoms with E-state index in [9.17, 15) is 9.90 Å². The van der Waals surface area contributed by atoms with Crippen molar-refractivity contribution in [2.75, 3.05) is 7.11 Å². The van der Waals surface area contributed by atoms with E-state index in [1.807, 2.05) is 13.0 Å². The van der Waals surface area contributed by atoms with Crippen LogP contribution in [-0.4, -0.2) is 12.2 Å². The minimum atomic E-state index is -0.438. The van der Waals surface area contributed by atoms with E-state index in [4.69, 9.17) is 9.15 Å². The Labute approximate surface area is 135 Å². The predicted octanol–water partition coefficient (Wildman–Crippen LogP) is 4.25. The van der Waals surface area contributed by atoms with E-state index in [-0.39, 0.29) is 5.76 Å². The van der Waals surface area contributed by atoms with Gasteiger partial charge >= 0.3 is 0 Å². The van der Waals surface area contributed by atoms with Crippen molar-refractivity contribution in [2.24, 2.45) is 0 Å². The molecular formula is C17H13BrO4. The Morgan fingerprint density at radius 3 is 2.64 bits per heavy atom. The molecule has 0 aliphatic heterocycles. The number of methoxy groups -OCH3 is 1. The molecule has 0 aliphatic carbocycles. The Morgan fingerprint density at radius 2 is 1.95 bits per heavy atom. The molecule has 0 saturated carbocycles. The van der Waals surface area contributed by atoms with Gasteiger partial charge in [-0.1, -0.05) is 11.6 Å². The Kier molecular flexibility index (Phi) is 3.66. The molecule has 3 rings (SSSR count). The van der Waals surface area contributed by atoms with Crippen molar-refractivity contribution in [1.29, 1.82) is 0 Å². The molecule has 0 aliphatic rings. The molecule has 2 aromatic carbocycles. The molecule has 1 heterocycles. The predicted molar refractivity (Wildman–Crippen MR) is 88.6 cm³/mol. The summed E-state index contributed by atoms with van der Waals surface area (Å²) in [5.41, 5.74) is 1.52. The number of halogens is 1. The second kappa shape index (κ2) is 5.50. The van der Waals surface area contributed by atoms with Gasteiger partial charge in [0.05, 0.1) is 17.0 Å². The maximum Gasteiger partial charge on any atom is 0.235 e. The van der Waals surface area contributed by atoms with Gasteiger partial charge in [0.1, 0.15) is 11.3 Å². The first-order chi connectivity index (χ1) is 10.5. The fourth-order valence-corrected chi connectivity index (χ4v) is 2.84. The largest absolute Gasteiger partial charge is 0.502 e. The Hall–Kier alpha value is -2.27. The summed E-state index contributed by atoms with van der Waals surface area (Å²) in [5.74, 6) is 0.405. The van der Waals surface area contributed by atoms with Crippen molar-refractivity contribution in [2.45, 2.75) is 6.92 Å². The molecule has 0 fully saturated rings. The standard InChI is InChI=1S/C17H13BrO4/c1-9-3-5-13-11(7-9)15(19)16(20)17(22-13)10-4-6-14(21-2)12(18)8-10/h3-8,20H,1-2H3. The number of hydrogen-bond donors (Lipinski definition) is 1. The van der Waals surface area contributed by atoms with E-state index in [1.165, 1.54) is 0 Å². The van der Waals surface area contributed by atoms with Crippen molar-refractivity contribution in [1.82, 2.24) is 0 Å².